The van der Waals surface area contributed by atoms with Gasteiger partial charge in [-0.25, -0.2) is 0 Å². The molecule has 2 saturated carbocycles. The van der Waals surface area contributed by atoms with Gasteiger partial charge in [0, 0.05) is 19.0 Å². The molecular formula is C29H37NO6. The molecular weight excluding hydrogens is 458 g/mol. The predicted octanol–water partition coefficient (Wildman–Crippen LogP) is 4.83. The van der Waals surface area contributed by atoms with Gasteiger partial charge in [-0.3, -0.25) is 9.69 Å². The van der Waals surface area contributed by atoms with Crippen molar-refractivity contribution in [2.75, 3.05) is 27.4 Å². The van der Waals surface area contributed by atoms with Crippen LogP contribution in [0.3, 0.4) is 0 Å². The summed E-state index contributed by atoms with van der Waals surface area (Å²) in [7, 11) is 3.29. The van der Waals surface area contributed by atoms with E-state index in [1.165, 1.54) is 12.8 Å². The fourth-order valence-corrected chi connectivity index (χ4v) is 7.49. The van der Waals surface area contributed by atoms with Crippen molar-refractivity contribution in [1.82, 2.24) is 4.90 Å². The number of hydrogen-bond acceptors (Lipinski definition) is 7. The summed E-state index contributed by atoms with van der Waals surface area (Å²) in [4.78, 5) is 15.6. The fourth-order valence-electron chi connectivity index (χ4n) is 7.49. The van der Waals surface area contributed by atoms with E-state index in [1.54, 1.807) is 20.5 Å². The summed E-state index contributed by atoms with van der Waals surface area (Å²) in [5.74, 6) is 2.84. The number of fused-ring (bicyclic) bond motifs is 3. The highest BCUT2D eigenvalue weighted by Crippen LogP contribution is 2.62. The molecule has 1 aromatic carbocycles. The van der Waals surface area contributed by atoms with Crippen molar-refractivity contribution < 1.29 is 28.2 Å². The molecule has 7 nitrogen and oxygen atoms in total. The Kier molecular flexibility index (Phi) is 6.03. The molecule has 2 aliphatic heterocycles. The number of rotatable bonds is 8. The lowest BCUT2D eigenvalue weighted by atomic mass is 9.53. The van der Waals surface area contributed by atoms with Gasteiger partial charge in [0.2, 0.25) is 0 Å². The lowest BCUT2D eigenvalue weighted by molar-refractivity contribution is -0.147. The van der Waals surface area contributed by atoms with Gasteiger partial charge in [-0.05, 0) is 73.3 Å². The van der Waals surface area contributed by atoms with Gasteiger partial charge in [-0.2, -0.15) is 0 Å². The third kappa shape index (κ3) is 4.20. The maximum atomic E-state index is 13.3. The van der Waals surface area contributed by atoms with Crippen molar-refractivity contribution in [3.63, 3.8) is 0 Å². The minimum Gasteiger partial charge on any atom is -0.493 e. The van der Waals surface area contributed by atoms with Crippen molar-refractivity contribution in [2.45, 2.75) is 63.8 Å². The van der Waals surface area contributed by atoms with Gasteiger partial charge in [0.05, 0.1) is 45.2 Å². The highest BCUT2D eigenvalue weighted by atomic mass is 16.6. The maximum absolute atomic E-state index is 13.3. The number of furan rings is 1. The van der Waals surface area contributed by atoms with Crippen molar-refractivity contribution >= 4 is 5.97 Å². The number of benzene rings is 1. The van der Waals surface area contributed by atoms with E-state index in [0.717, 1.165) is 37.2 Å². The molecule has 0 amide bonds. The van der Waals surface area contributed by atoms with Crippen molar-refractivity contribution in [3.8, 4) is 11.5 Å². The largest absolute Gasteiger partial charge is 0.493 e. The summed E-state index contributed by atoms with van der Waals surface area (Å²) in [6.07, 6.45) is 7.27. The van der Waals surface area contributed by atoms with E-state index in [1.807, 2.05) is 24.3 Å². The molecule has 2 aliphatic carbocycles. The molecule has 6 rings (SSSR count). The van der Waals surface area contributed by atoms with Gasteiger partial charge in [-0.1, -0.05) is 13.0 Å². The summed E-state index contributed by atoms with van der Waals surface area (Å²) in [6, 6.07) is 9.88. The van der Waals surface area contributed by atoms with Crippen LogP contribution in [0.4, 0.5) is 0 Å². The minimum absolute atomic E-state index is 0.0178. The summed E-state index contributed by atoms with van der Waals surface area (Å²) in [5.41, 5.74) is 1.36. The van der Waals surface area contributed by atoms with E-state index < -0.39 is 0 Å². The maximum Gasteiger partial charge on any atom is 0.310 e. The fraction of sp³-hybridized carbons (Fsp3) is 0.621. The van der Waals surface area contributed by atoms with E-state index in [-0.39, 0.29) is 34.9 Å². The third-order valence-electron chi connectivity index (χ3n) is 9.35. The van der Waals surface area contributed by atoms with Crippen molar-refractivity contribution in [1.29, 1.82) is 0 Å². The van der Waals surface area contributed by atoms with Gasteiger partial charge in [0.25, 0.3) is 0 Å². The predicted molar refractivity (Wildman–Crippen MR) is 133 cm³/mol. The first-order valence-electron chi connectivity index (χ1n) is 13.2. The second-order valence-electron chi connectivity index (χ2n) is 11.5. The van der Waals surface area contributed by atoms with Gasteiger partial charge < -0.3 is 23.4 Å². The molecule has 2 aromatic rings. The first-order chi connectivity index (χ1) is 17.4. The number of esters is 1. The van der Waals surface area contributed by atoms with Crippen molar-refractivity contribution in [2.24, 2.45) is 23.2 Å². The molecule has 0 radical (unpaired) electrons. The molecule has 2 saturated heterocycles. The quantitative estimate of drug-likeness (QED) is 0.384. The molecule has 4 aliphatic rings. The van der Waals surface area contributed by atoms with E-state index in [2.05, 4.69) is 17.9 Å². The smallest absolute Gasteiger partial charge is 0.310 e. The van der Waals surface area contributed by atoms with Gasteiger partial charge in [0.15, 0.2) is 11.5 Å². The average molecular weight is 496 g/mol. The zero-order valence-corrected chi connectivity index (χ0v) is 21.5. The Balaban J connectivity index is 1.23. The molecule has 4 fully saturated rings. The zero-order chi connectivity index (χ0) is 24.9. The van der Waals surface area contributed by atoms with E-state index in [4.69, 9.17) is 23.4 Å². The summed E-state index contributed by atoms with van der Waals surface area (Å²) in [6.45, 7) is 5.20. The van der Waals surface area contributed by atoms with Gasteiger partial charge >= 0.3 is 5.97 Å². The van der Waals surface area contributed by atoms with Crippen LogP contribution in [0.15, 0.2) is 41.0 Å². The Labute approximate surface area is 213 Å². The molecule has 1 aromatic heterocycles. The monoisotopic (exact) mass is 495 g/mol. The Bertz CT molecular complexity index is 1100. The molecule has 194 valence electrons. The standard InChI is InChI=1S/C29H37NO6/c1-28-9-5-10-29(18-35-29)26(28)13-21-22(27(31)36-25(21)14-28)17-30(16-20-6-4-11-34-20)15-19-7-8-23(32-2)24(12-19)33-3/h4,6-8,11-12,21-22,25-26H,5,9-10,13-18H2,1-3H3/t21-,22-,25-,26-,28-,29-/m1/s1. The molecule has 36 heavy (non-hydrogen) atoms. The summed E-state index contributed by atoms with van der Waals surface area (Å²) in [5, 5.41) is 0. The van der Waals surface area contributed by atoms with Crippen LogP contribution in [0.5, 0.6) is 11.5 Å². The highest BCUT2D eigenvalue weighted by molar-refractivity contribution is 5.75. The van der Waals surface area contributed by atoms with Crippen LogP contribution >= 0.6 is 0 Å². The topological polar surface area (TPSA) is 73.7 Å². The Morgan fingerprint density at radius 3 is 2.67 bits per heavy atom. The number of hydrogen-bond donors (Lipinski definition) is 0. The SMILES string of the molecule is COc1ccc(CN(Cc2ccco2)C[C@H]2C(=O)O[C@@H]3C[C@@]4(C)CCC[C@@]5(CO5)[C@@H]4C[C@@H]32)cc1OC. The van der Waals surface area contributed by atoms with Crippen molar-refractivity contribution in [3.05, 3.63) is 47.9 Å². The number of nitrogens with zero attached hydrogens (tertiary/aromatic N) is 1. The van der Waals surface area contributed by atoms with Gasteiger partial charge in [0.1, 0.15) is 11.9 Å². The van der Waals surface area contributed by atoms with Gasteiger partial charge in [-0.15, -0.1) is 0 Å². The molecule has 3 heterocycles. The molecule has 0 unspecified atom stereocenters. The lowest BCUT2D eigenvalue weighted by Gasteiger charge is -2.51. The number of carbonyl (C=O) groups is 1. The minimum atomic E-state index is -0.146. The number of methoxy groups -OCH3 is 2. The van der Waals surface area contributed by atoms with E-state index in [9.17, 15) is 4.79 Å². The first-order valence-corrected chi connectivity index (χ1v) is 13.2. The van der Waals surface area contributed by atoms with Crippen LogP contribution < -0.4 is 9.47 Å². The third-order valence-corrected chi connectivity index (χ3v) is 9.35. The second-order valence-corrected chi connectivity index (χ2v) is 11.5. The Morgan fingerprint density at radius 2 is 1.94 bits per heavy atom. The molecule has 0 bridgehead atoms. The van der Waals surface area contributed by atoms with Crippen LogP contribution in [0, 0.1) is 23.2 Å². The summed E-state index contributed by atoms with van der Waals surface area (Å²) < 4.78 is 28.8. The van der Waals surface area contributed by atoms with Crippen LogP contribution in [0.2, 0.25) is 0 Å². The van der Waals surface area contributed by atoms with Crippen LogP contribution in [0.25, 0.3) is 0 Å². The number of ether oxygens (including phenoxy) is 4. The van der Waals surface area contributed by atoms with E-state index >= 15 is 0 Å². The first kappa shape index (κ1) is 23.9. The lowest BCUT2D eigenvalue weighted by Crippen LogP contribution is -2.51. The molecule has 6 atom stereocenters. The van der Waals surface area contributed by atoms with Crippen LogP contribution in [-0.4, -0.2) is 49.9 Å². The molecule has 1 spiro atoms. The Morgan fingerprint density at radius 1 is 1.11 bits per heavy atom. The highest BCUT2D eigenvalue weighted by Gasteiger charge is 2.65. The number of epoxide rings is 1. The number of carbonyl (C=O) groups excluding carboxylic acids is 1. The average Bonchev–Trinajstić information content (AvgIpc) is 3.31. The second kappa shape index (κ2) is 9.10. The normalized spacial score (nSPS) is 34.8. The molecule has 7 heteroatoms. The zero-order valence-electron chi connectivity index (χ0n) is 21.5. The van der Waals surface area contributed by atoms with Crippen LogP contribution in [-0.2, 0) is 27.4 Å². The summed E-state index contributed by atoms with van der Waals surface area (Å²) >= 11 is 0. The molecule has 0 N–H and O–H groups in total. The van der Waals surface area contributed by atoms with E-state index in [0.29, 0.717) is 37.1 Å². The Hall–Kier alpha value is -2.51. The van der Waals surface area contributed by atoms with Crippen LogP contribution in [0.1, 0.15) is 50.4 Å².